The quantitative estimate of drug-likeness (QED) is 0.883. The van der Waals surface area contributed by atoms with Crippen molar-refractivity contribution in [2.24, 2.45) is 0 Å². The van der Waals surface area contributed by atoms with E-state index in [-0.39, 0.29) is 0 Å². The van der Waals surface area contributed by atoms with Crippen LogP contribution in [-0.4, -0.2) is 9.97 Å². The first-order valence-electron chi connectivity index (χ1n) is 4.37. The summed E-state index contributed by atoms with van der Waals surface area (Å²) in [7, 11) is 0. The number of H-pyrrole nitrogens is 1. The standard InChI is InChI=1S/C11H8Br2N2/c12-9-3-1-8(11(13)5-9)2-4-10-6-14-7-15-10/h1-7H,(H,14,15)/b4-2+. The Morgan fingerprint density at radius 1 is 1.20 bits per heavy atom. The number of nitrogens with zero attached hydrogens (tertiary/aromatic N) is 1. The zero-order chi connectivity index (χ0) is 10.7. The summed E-state index contributed by atoms with van der Waals surface area (Å²) in [6, 6.07) is 6.07. The molecule has 0 saturated carbocycles. The lowest BCUT2D eigenvalue weighted by atomic mass is 10.2. The van der Waals surface area contributed by atoms with E-state index in [1.54, 1.807) is 12.5 Å². The minimum atomic E-state index is 0.991. The summed E-state index contributed by atoms with van der Waals surface area (Å²) in [6.45, 7) is 0. The summed E-state index contributed by atoms with van der Waals surface area (Å²) >= 11 is 6.92. The van der Waals surface area contributed by atoms with E-state index in [4.69, 9.17) is 0 Å². The molecule has 76 valence electrons. The number of imidazole rings is 1. The average molecular weight is 328 g/mol. The summed E-state index contributed by atoms with van der Waals surface area (Å²) < 4.78 is 2.13. The highest BCUT2D eigenvalue weighted by molar-refractivity contribution is 9.11. The molecule has 0 saturated heterocycles. The summed E-state index contributed by atoms with van der Waals surface area (Å²) in [5, 5.41) is 0. The predicted molar refractivity (Wildman–Crippen MR) is 69.4 cm³/mol. The van der Waals surface area contributed by atoms with Gasteiger partial charge in [0.05, 0.1) is 18.2 Å². The second-order valence-electron chi connectivity index (χ2n) is 3.01. The van der Waals surface area contributed by atoms with Crippen LogP contribution in [0.1, 0.15) is 11.3 Å². The van der Waals surface area contributed by atoms with Crippen molar-refractivity contribution in [1.82, 2.24) is 9.97 Å². The molecule has 4 heteroatoms. The highest BCUT2D eigenvalue weighted by atomic mass is 79.9. The van der Waals surface area contributed by atoms with Crippen LogP contribution in [0.3, 0.4) is 0 Å². The first kappa shape index (κ1) is 10.6. The van der Waals surface area contributed by atoms with Gasteiger partial charge in [0.15, 0.2) is 0 Å². The van der Waals surface area contributed by atoms with Crippen LogP contribution in [0.5, 0.6) is 0 Å². The Morgan fingerprint density at radius 2 is 2.07 bits per heavy atom. The number of aromatic amines is 1. The van der Waals surface area contributed by atoms with Crippen LogP contribution in [0.25, 0.3) is 12.2 Å². The van der Waals surface area contributed by atoms with Gasteiger partial charge in [-0.3, -0.25) is 0 Å². The molecule has 1 N–H and O–H groups in total. The third-order valence-corrected chi connectivity index (χ3v) is 3.10. The van der Waals surface area contributed by atoms with Gasteiger partial charge in [0, 0.05) is 8.95 Å². The molecule has 0 aliphatic rings. The lowest BCUT2D eigenvalue weighted by Crippen LogP contribution is -1.75. The van der Waals surface area contributed by atoms with Crippen LogP contribution in [0.2, 0.25) is 0 Å². The third-order valence-electron chi connectivity index (χ3n) is 1.92. The van der Waals surface area contributed by atoms with Crippen molar-refractivity contribution in [3.05, 3.63) is 50.9 Å². The number of benzene rings is 1. The summed E-state index contributed by atoms with van der Waals surface area (Å²) in [5.41, 5.74) is 2.12. The number of nitrogens with one attached hydrogen (secondary N) is 1. The highest BCUT2D eigenvalue weighted by Gasteiger charge is 1.96. The van der Waals surface area contributed by atoms with Gasteiger partial charge in [0.1, 0.15) is 0 Å². The van der Waals surface area contributed by atoms with Crippen molar-refractivity contribution >= 4 is 44.0 Å². The molecule has 0 radical (unpaired) electrons. The highest BCUT2D eigenvalue weighted by Crippen LogP contribution is 2.23. The minimum absolute atomic E-state index is 0.991. The van der Waals surface area contributed by atoms with Crippen LogP contribution in [0.15, 0.2) is 39.7 Å². The van der Waals surface area contributed by atoms with Gasteiger partial charge in [-0.1, -0.05) is 44.0 Å². The fourth-order valence-electron chi connectivity index (χ4n) is 1.17. The summed E-state index contributed by atoms with van der Waals surface area (Å²) in [4.78, 5) is 6.96. The van der Waals surface area contributed by atoms with Gasteiger partial charge in [-0.2, -0.15) is 0 Å². The minimum Gasteiger partial charge on any atom is -0.345 e. The molecule has 0 atom stereocenters. The Hall–Kier alpha value is -0.870. The van der Waals surface area contributed by atoms with Crippen molar-refractivity contribution in [2.45, 2.75) is 0 Å². The maximum atomic E-state index is 3.94. The molecule has 0 aliphatic carbocycles. The zero-order valence-electron chi connectivity index (χ0n) is 7.74. The third kappa shape index (κ3) is 2.79. The molecular formula is C11H8Br2N2. The van der Waals surface area contributed by atoms with E-state index in [2.05, 4.69) is 41.8 Å². The van der Waals surface area contributed by atoms with Gasteiger partial charge < -0.3 is 4.98 Å². The van der Waals surface area contributed by atoms with Crippen molar-refractivity contribution in [1.29, 1.82) is 0 Å². The van der Waals surface area contributed by atoms with Crippen LogP contribution in [0, 0.1) is 0 Å². The molecule has 1 aromatic heterocycles. The smallest absolute Gasteiger partial charge is 0.0924 e. The second-order valence-corrected chi connectivity index (χ2v) is 4.78. The molecule has 0 aliphatic heterocycles. The van der Waals surface area contributed by atoms with Gasteiger partial charge in [0.2, 0.25) is 0 Å². The van der Waals surface area contributed by atoms with E-state index >= 15 is 0 Å². The normalized spacial score (nSPS) is 11.1. The molecule has 1 aromatic carbocycles. The Morgan fingerprint density at radius 3 is 2.73 bits per heavy atom. The lowest BCUT2D eigenvalue weighted by molar-refractivity contribution is 1.31. The monoisotopic (exact) mass is 326 g/mol. The topological polar surface area (TPSA) is 28.7 Å². The number of hydrogen-bond acceptors (Lipinski definition) is 1. The average Bonchev–Trinajstić information content (AvgIpc) is 2.69. The maximum Gasteiger partial charge on any atom is 0.0924 e. The van der Waals surface area contributed by atoms with Crippen molar-refractivity contribution in [3.8, 4) is 0 Å². The SMILES string of the molecule is Brc1ccc(/C=C/c2cnc[nH]2)c(Br)c1. The molecule has 0 amide bonds. The maximum absolute atomic E-state index is 3.94. The molecule has 1 heterocycles. The van der Waals surface area contributed by atoms with Crippen LogP contribution < -0.4 is 0 Å². The number of aromatic nitrogens is 2. The lowest BCUT2D eigenvalue weighted by Gasteiger charge is -1.98. The number of rotatable bonds is 2. The fourth-order valence-corrected chi connectivity index (χ4v) is 2.35. The molecule has 2 aromatic rings. The molecule has 0 spiro atoms. The molecule has 2 rings (SSSR count). The summed E-state index contributed by atoms with van der Waals surface area (Å²) in [6.07, 6.45) is 7.46. The van der Waals surface area contributed by atoms with Gasteiger partial charge in [-0.05, 0) is 23.8 Å². The van der Waals surface area contributed by atoms with Crippen molar-refractivity contribution in [3.63, 3.8) is 0 Å². The summed E-state index contributed by atoms with van der Waals surface area (Å²) in [5.74, 6) is 0. The molecule has 0 unspecified atom stereocenters. The molecule has 15 heavy (non-hydrogen) atoms. The first-order chi connectivity index (χ1) is 7.25. The van der Waals surface area contributed by atoms with Gasteiger partial charge in [-0.25, -0.2) is 4.98 Å². The molecule has 0 fully saturated rings. The number of halogens is 2. The largest absolute Gasteiger partial charge is 0.345 e. The van der Waals surface area contributed by atoms with E-state index in [9.17, 15) is 0 Å². The second kappa shape index (κ2) is 4.77. The van der Waals surface area contributed by atoms with Gasteiger partial charge in [-0.15, -0.1) is 0 Å². The Kier molecular flexibility index (Phi) is 3.38. The van der Waals surface area contributed by atoms with Gasteiger partial charge >= 0.3 is 0 Å². The first-order valence-corrected chi connectivity index (χ1v) is 5.96. The van der Waals surface area contributed by atoms with E-state index in [0.717, 1.165) is 20.2 Å². The molecule has 2 nitrogen and oxygen atoms in total. The molecular weight excluding hydrogens is 320 g/mol. The van der Waals surface area contributed by atoms with E-state index < -0.39 is 0 Å². The van der Waals surface area contributed by atoms with Crippen molar-refractivity contribution in [2.75, 3.05) is 0 Å². The zero-order valence-corrected chi connectivity index (χ0v) is 10.9. The Labute approximate surface area is 105 Å². The Bertz CT molecular complexity index is 475. The van der Waals surface area contributed by atoms with E-state index in [0.29, 0.717) is 0 Å². The predicted octanol–water partition coefficient (Wildman–Crippen LogP) is 4.11. The Balaban J connectivity index is 2.24. The van der Waals surface area contributed by atoms with Crippen LogP contribution in [0.4, 0.5) is 0 Å². The van der Waals surface area contributed by atoms with E-state index in [1.807, 2.05) is 30.4 Å². The van der Waals surface area contributed by atoms with Crippen LogP contribution in [-0.2, 0) is 0 Å². The van der Waals surface area contributed by atoms with Crippen molar-refractivity contribution < 1.29 is 0 Å². The van der Waals surface area contributed by atoms with Gasteiger partial charge in [0.25, 0.3) is 0 Å². The molecule has 0 bridgehead atoms. The fraction of sp³-hybridized carbons (Fsp3) is 0. The van der Waals surface area contributed by atoms with E-state index in [1.165, 1.54) is 0 Å². The number of hydrogen-bond donors (Lipinski definition) is 1. The van der Waals surface area contributed by atoms with Crippen LogP contribution >= 0.6 is 31.9 Å².